The zero-order valence-electron chi connectivity index (χ0n) is 17.5. The number of likely N-dealkylation sites (tertiary alicyclic amines) is 1. The largest absolute Gasteiger partial charge is 0.489 e. The number of hydrogen-bond acceptors (Lipinski definition) is 4. The first kappa shape index (κ1) is 22.2. The van der Waals surface area contributed by atoms with E-state index >= 15 is 0 Å². The van der Waals surface area contributed by atoms with Crippen molar-refractivity contribution in [3.8, 4) is 5.75 Å². The van der Waals surface area contributed by atoms with Crippen molar-refractivity contribution in [3.05, 3.63) is 64.1 Å². The van der Waals surface area contributed by atoms with E-state index in [1.54, 1.807) is 4.90 Å². The molecule has 1 aliphatic rings. The van der Waals surface area contributed by atoms with Crippen molar-refractivity contribution in [2.75, 3.05) is 13.1 Å². The highest BCUT2D eigenvalue weighted by Crippen LogP contribution is 2.25. The fourth-order valence-corrected chi connectivity index (χ4v) is 3.47. The third-order valence-electron chi connectivity index (χ3n) is 4.51. The third kappa shape index (κ3) is 6.49. The molecule has 160 valence electrons. The van der Waals surface area contributed by atoms with Gasteiger partial charge in [-0.1, -0.05) is 46.3 Å². The number of nitrogens with one attached hydrogen (secondary N) is 1. The van der Waals surface area contributed by atoms with Gasteiger partial charge in [0, 0.05) is 23.1 Å². The van der Waals surface area contributed by atoms with Crippen LogP contribution in [0.3, 0.4) is 0 Å². The molecule has 1 aliphatic heterocycles. The number of carbonyl (C=O) groups excluding carboxylic acids is 2. The van der Waals surface area contributed by atoms with Crippen molar-refractivity contribution in [3.63, 3.8) is 0 Å². The van der Waals surface area contributed by atoms with Gasteiger partial charge in [0.05, 0.1) is 12.5 Å². The zero-order valence-corrected chi connectivity index (χ0v) is 19.1. The molecule has 3 rings (SSSR count). The topological polar surface area (TPSA) is 67.9 Å². The molecule has 1 saturated heterocycles. The summed E-state index contributed by atoms with van der Waals surface area (Å²) in [5, 5.41) is 2.97. The van der Waals surface area contributed by atoms with Crippen LogP contribution in [-0.2, 0) is 22.6 Å². The summed E-state index contributed by atoms with van der Waals surface area (Å²) in [6, 6.07) is 15.5. The number of benzene rings is 2. The van der Waals surface area contributed by atoms with Crippen molar-refractivity contribution in [1.82, 2.24) is 10.2 Å². The SMILES string of the molecule is CC(C)(C)OC(=O)N1CC(NC(=O)Cc2cc(Br)ccc2OCc2ccccc2)C1. The maximum absolute atomic E-state index is 12.5. The Morgan fingerprint density at radius 3 is 2.50 bits per heavy atom. The van der Waals surface area contributed by atoms with Gasteiger partial charge in [0.15, 0.2) is 0 Å². The van der Waals surface area contributed by atoms with E-state index in [1.165, 1.54) is 0 Å². The Balaban J connectivity index is 1.52. The molecular formula is C23H27BrN2O4. The molecule has 0 atom stereocenters. The van der Waals surface area contributed by atoms with E-state index in [0.29, 0.717) is 25.4 Å². The molecule has 0 radical (unpaired) electrons. The van der Waals surface area contributed by atoms with Crippen LogP contribution in [0.2, 0.25) is 0 Å². The van der Waals surface area contributed by atoms with Crippen molar-refractivity contribution in [2.45, 2.75) is 45.4 Å². The first-order chi connectivity index (χ1) is 14.2. The Morgan fingerprint density at radius 1 is 1.13 bits per heavy atom. The minimum absolute atomic E-state index is 0.0640. The van der Waals surface area contributed by atoms with Crippen LogP contribution in [0.4, 0.5) is 4.79 Å². The van der Waals surface area contributed by atoms with Crippen LogP contribution in [0.5, 0.6) is 5.75 Å². The fraction of sp³-hybridized carbons (Fsp3) is 0.391. The maximum Gasteiger partial charge on any atom is 0.410 e. The minimum atomic E-state index is -0.526. The van der Waals surface area contributed by atoms with E-state index in [0.717, 1.165) is 15.6 Å². The van der Waals surface area contributed by atoms with Crippen molar-refractivity contribution < 1.29 is 19.1 Å². The zero-order chi connectivity index (χ0) is 21.7. The van der Waals surface area contributed by atoms with E-state index in [9.17, 15) is 9.59 Å². The normalized spacial score (nSPS) is 14.1. The summed E-state index contributed by atoms with van der Waals surface area (Å²) in [4.78, 5) is 26.1. The molecular weight excluding hydrogens is 448 g/mol. The molecule has 0 spiro atoms. The molecule has 1 heterocycles. The predicted molar refractivity (Wildman–Crippen MR) is 118 cm³/mol. The summed E-state index contributed by atoms with van der Waals surface area (Å²) in [5.41, 5.74) is 1.34. The van der Waals surface area contributed by atoms with E-state index in [-0.39, 0.29) is 24.5 Å². The molecule has 1 fully saturated rings. The van der Waals surface area contributed by atoms with Gasteiger partial charge in [-0.2, -0.15) is 0 Å². The van der Waals surface area contributed by atoms with Gasteiger partial charge in [-0.25, -0.2) is 4.79 Å². The molecule has 2 amide bonds. The minimum Gasteiger partial charge on any atom is -0.489 e. The van der Waals surface area contributed by atoms with Crippen LogP contribution in [-0.4, -0.2) is 41.6 Å². The summed E-state index contributed by atoms with van der Waals surface area (Å²) in [5.74, 6) is 0.577. The number of rotatable bonds is 6. The van der Waals surface area contributed by atoms with Crippen LogP contribution >= 0.6 is 15.9 Å². The highest BCUT2D eigenvalue weighted by Gasteiger charge is 2.34. The Kier molecular flexibility index (Phi) is 7.02. The van der Waals surface area contributed by atoms with E-state index in [1.807, 2.05) is 69.3 Å². The van der Waals surface area contributed by atoms with Gasteiger partial charge < -0.3 is 19.7 Å². The van der Waals surface area contributed by atoms with Crippen molar-refractivity contribution >= 4 is 27.9 Å². The second kappa shape index (κ2) is 9.51. The average molecular weight is 475 g/mol. The van der Waals surface area contributed by atoms with E-state index in [4.69, 9.17) is 9.47 Å². The lowest BCUT2D eigenvalue weighted by atomic mass is 10.1. The van der Waals surface area contributed by atoms with Crippen LogP contribution in [0.1, 0.15) is 31.9 Å². The second-order valence-electron chi connectivity index (χ2n) is 8.35. The van der Waals surface area contributed by atoms with Crippen molar-refractivity contribution in [2.24, 2.45) is 0 Å². The maximum atomic E-state index is 12.5. The van der Waals surface area contributed by atoms with Gasteiger partial charge in [0.2, 0.25) is 5.91 Å². The quantitative estimate of drug-likeness (QED) is 0.677. The van der Waals surface area contributed by atoms with Crippen LogP contribution in [0.25, 0.3) is 0 Å². The smallest absolute Gasteiger partial charge is 0.410 e. The number of carbonyl (C=O) groups is 2. The van der Waals surface area contributed by atoms with Gasteiger partial charge in [0.25, 0.3) is 0 Å². The standard InChI is InChI=1S/C23H27BrN2O4/c1-23(2,3)30-22(28)26-13-19(14-26)25-21(27)12-17-11-18(24)9-10-20(17)29-15-16-7-5-4-6-8-16/h4-11,19H,12-15H2,1-3H3,(H,25,27). The lowest BCUT2D eigenvalue weighted by Crippen LogP contribution is -2.61. The molecule has 7 heteroatoms. The van der Waals surface area contributed by atoms with Gasteiger partial charge in [-0.3, -0.25) is 4.79 Å². The molecule has 0 unspecified atom stereocenters. The Morgan fingerprint density at radius 2 is 1.83 bits per heavy atom. The molecule has 0 saturated carbocycles. The summed E-state index contributed by atoms with van der Waals surface area (Å²) >= 11 is 3.46. The third-order valence-corrected chi connectivity index (χ3v) is 5.00. The van der Waals surface area contributed by atoms with Crippen LogP contribution in [0, 0.1) is 0 Å². The Bertz CT molecular complexity index is 890. The lowest BCUT2D eigenvalue weighted by Gasteiger charge is -2.40. The summed E-state index contributed by atoms with van der Waals surface area (Å²) in [6.07, 6.45) is -0.149. The fourth-order valence-electron chi connectivity index (χ4n) is 3.06. The molecule has 6 nitrogen and oxygen atoms in total. The van der Waals surface area contributed by atoms with E-state index < -0.39 is 5.60 Å². The van der Waals surface area contributed by atoms with Crippen LogP contribution < -0.4 is 10.1 Å². The number of nitrogens with zero attached hydrogens (tertiary/aromatic N) is 1. The molecule has 0 aromatic heterocycles. The van der Waals surface area contributed by atoms with Gasteiger partial charge in [-0.05, 0) is 44.5 Å². The van der Waals surface area contributed by atoms with Crippen LogP contribution in [0.15, 0.2) is 53.0 Å². The highest BCUT2D eigenvalue weighted by atomic mass is 79.9. The number of halogens is 1. The van der Waals surface area contributed by atoms with E-state index in [2.05, 4.69) is 21.2 Å². The van der Waals surface area contributed by atoms with Gasteiger partial charge in [-0.15, -0.1) is 0 Å². The average Bonchev–Trinajstić information content (AvgIpc) is 2.63. The Hall–Kier alpha value is -2.54. The molecule has 0 aliphatic carbocycles. The first-order valence-corrected chi connectivity index (χ1v) is 10.7. The first-order valence-electron chi connectivity index (χ1n) is 9.92. The predicted octanol–water partition coefficient (Wildman–Crippen LogP) is 4.31. The van der Waals surface area contributed by atoms with Crippen molar-refractivity contribution in [1.29, 1.82) is 0 Å². The molecule has 2 aromatic carbocycles. The summed E-state index contributed by atoms with van der Waals surface area (Å²) < 4.78 is 12.2. The highest BCUT2D eigenvalue weighted by molar-refractivity contribution is 9.10. The number of hydrogen-bond donors (Lipinski definition) is 1. The monoisotopic (exact) mass is 474 g/mol. The number of ether oxygens (including phenoxy) is 2. The summed E-state index contributed by atoms with van der Waals surface area (Å²) in [7, 11) is 0. The lowest BCUT2D eigenvalue weighted by molar-refractivity contribution is -0.122. The molecule has 30 heavy (non-hydrogen) atoms. The van der Waals surface area contributed by atoms with Gasteiger partial charge in [0.1, 0.15) is 18.0 Å². The number of amides is 2. The molecule has 1 N–H and O–H groups in total. The second-order valence-corrected chi connectivity index (χ2v) is 9.27. The summed E-state index contributed by atoms with van der Waals surface area (Å²) in [6.45, 7) is 6.84. The molecule has 2 aromatic rings. The van der Waals surface area contributed by atoms with Gasteiger partial charge >= 0.3 is 6.09 Å². The Labute approximate surface area is 185 Å². The molecule has 0 bridgehead atoms.